The van der Waals surface area contributed by atoms with Crippen LogP contribution in [-0.4, -0.2) is 22.4 Å². The summed E-state index contributed by atoms with van der Waals surface area (Å²) in [6.45, 7) is 0. The lowest BCUT2D eigenvalue weighted by Crippen LogP contribution is -2.30. The van der Waals surface area contributed by atoms with Gasteiger partial charge in [-0.05, 0) is 25.2 Å². The lowest BCUT2D eigenvalue weighted by Gasteiger charge is -2.24. The molecule has 1 saturated heterocycles. The lowest BCUT2D eigenvalue weighted by molar-refractivity contribution is -0.128. The van der Waals surface area contributed by atoms with Crippen LogP contribution in [0.25, 0.3) is 0 Å². The molecule has 0 bridgehead atoms. The Hall–Kier alpha value is -1.11. The number of nitrogens with zero attached hydrogens (tertiary/aromatic N) is 2. The molecule has 0 amide bonds. The van der Waals surface area contributed by atoms with Crippen molar-refractivity contribution in [1.82, 2.24) is 15.5 Å². The molecule has 0 spiro atoms. The second-order valence-electron chi connectivity index (χ2n) is 5.45. The van der Waals surface area contributed by atoms with Gasteiger partial charge in [-0.15, -0.1) is 0 Å². The van der Waals surface area contributed by atoms with Crippen molar-refractivity contribution in [1.29, 1.82) is 0 Å². The van der Waals surface area contributed by atoms with E-state index in [1.54, 1.807) is 0 Å². The molecule has 4 nitrogen and oxygen atoms in total. The average molecular weight is 275 g/mol. The summed E-state index contributed by atoms with van der Waals surface area (Å²) in [6.07, 6.45) is 0.220. The van der Waals surface area contributed by atoms with Crippen molar-refractivity contribution in [2.24, 2.45) is 5.92 Å². The Morgan fingerprint density at radius 2 is 2.05 bits per heavy atom. The second kappa shape index (κ2) is 4.77. The highest BCUT2D eigenvalue weighted by Crippen LogP contribution is 2.38. The monoisotopic (exact) mass is 275 g/mol. The van der Waals surface area contributed by atoms with E-state index in [0.717, 1.165) is 12.8 Å². The standard InChI is InChI=1S/C12H16F3N3O/c13-12(14,15)6-10-17-11(19-18-10)9-5-7-3-1-2-4-8(7)16-9/h7-9,16H,1-6H2. The van der Waals surface area contributed by atoms with Gasteiger partial charge in [0.2, 0.25) is 5.89 Å². The predicted molar refractivity (Wildman–Crippen MR) is 60.3 cm³/mol. The second-order valence-corrected chi connectivity index (χ2v) is 5.45. The zero-order valence-corrected chi connectivity index (χ0v) is 10.4. The van der Waals surface area contributed by atoms with E-state index in [2.05, 4.69) is 15.5 Å². The number of fused-ring (bicyclic) bond motifs is 1. The number of nitrogens with one attached hydrogen (secondary N) is 1. The summed E-state index contributed by atoms with van der Waals surface area (Å²) < 4.78 is 41.7. The highest BCUT2D eigenvalue weighted by Gasteiger charge is 2.38. The number of halogens is 3. The van der Waals surface area contributed by atoms with Gasteiger partial charge in [0.25, 0.3) is 0 Å². The van der Waals surface area contributed by atoms with Crippen LogP contribution in [0.2, 0.25) is 0 Å². The third-order valence-corrected chi connectivity index (χ3v) is 4.00. The molecule has 0 aromatic carbocycles. The molecule has 1 aromatic heterocycles. The van der Waals surface area contributed by atoms with Crippen molar-refractivity contribution < 1.29 is 17.7 Å². The van der Waals surface area contributed by atoms with Gasteiger partial charge in [0, 0.05) is 6.04 Å². The molecular formula is C12H16F3N3O. The summed E-state index contributed by atoms with van der Waals surface area (Å²) in [7, 11) is 0. The number of hydrogen-bond acceptors (Lipinski definition) is 4. The first kappa shape index (κ1) is 12.9. The van der Waals surface area contributed by atoms with Crippen LogP contribution in [0, 0.1) is 5.92 Å². The SMILES string of the molecule is FC(F)(F)Cc1noc(C2CC3CCCCC3N2)n1. The van der Waals surface area contributed by atoms with Gasteiger partial charge in [0.15, 0.2) is 5.82 Å². The molecule has 3 atom stereocenters. The molecule has 3 unspecified atom stereocenters. The van der Waals surface area contributed by atoms with Crippen molar-refractivity contribution >= 4 is 0 Å². The Bertz CT molecular complexity index is 432. The van der Waals surface area contributed by atoms with Gasteiger partial charge in [0.05, 0.1) is 6.04 Å². The minimum absolute atomic E-state index is 0.0809. The quantitative estimate of drug-likeness (QED) is 0.901. The average Bonchev–Trinajstić information content (AvgIpc) is 2.91. The number of rotatable bonds is 2. The van der Waals surface area contributed by atoms with Crippen molar-refractivity contribution in [3.8, 4) is 0 Å². The minimum Gasteiger partial charge on any atom is -0.338 e. The maximum atomic E-state index is 12.2. The van der Waals surface area contributed by atoms with Crippen LogP contribution in [0.1, 0.15) is 49.9 Å². The van der Waals surface area contributed by atoms with Gasteiger partial charge in [-0.2, -0.15) is 18.2 Å². The molecular weight excluding hydrogens is 259 g/mol. The van der Waals surface area contributed by atoms with Gasteiger partial charge >= 0.3 is 6.18 Å². The van der Waals surface area contributed by atoms with E-state index in [4.69, 9.17) is 4.52 Å². The molecule has 19 heavy (non-hydrogen) atoms. The molecule has 1 aromatic rings. The van der Waals surface area contributed by atoms with Crippen molar-refractivity contribution in [3.05, 3.63) is 11.7 Å². The van der Waals surface area contributed by atoms with E-state index >= 15 is 0 Å². The molecule has 2 aliphatic rings. The zero-order valence-electron chi connectivity index (χ0n) is 10.4. The maximum absolute atomic E-state index is 12.2. The van der Waals surface area contributed by atoms with Crippen LogP contribution >= 0.6 is 0 Å². The first-order valence-corrected chi connectivity index (χ1v) is 6.66. The molecule has 1 saturated carbocycles. The lowest BCUT2D eigenvalue weighted by atomic mass is 9.85. The number of alkyl halides is 3. The first-order valence-electron chi connectivity index (χ1n) is 6.66. The van der Waals surface area contributed by atoms with Gasteiger partial charge in [0.1, 0.15) is 6.42 Å². The Labute approximate surface area is 108 Å². The van der Waals surface area contributed by atoms with E-state index < -0.39 is 12.6 Å². The smallest absolute Gasteiger partial charge is 0.338 e. The fourth-order valence-corrected chi connectivity index (χ4v) is 3.17. The Morgan fingerprint density at radius 3 is 2.79 bits per heavy atom. The minimum atomic E-state index is -4.29. The predicted octanol–water partition coefficient (Wildman–Crippen LogP) is 2.77. The number of hydrogen-bond donors (Lipinski definition) is 1. The Morgan fingerprint density at radius 1 is 1.26 bits per heavy atom. The Kier molecular flexibility index (Phi) is 3.24. The van der Waals surface area contributed by atoms with Crippen molar-refractivity contribution in [2.75, 3.05) is 0 Å². The molecule has 1 aliphatic carbocycles. The third-order valence-electron chi connectivity index (χ3n) is 4.00. The summed E-state index contributed by atoms with van der Waals surface area (Å²) in [4.78, 5) is 3.88. The van der Waals surface area contributed by atoms with E-state index in [9.17, 15) is 13.2 Å². The summed E-state index contributed by atoms with van der Waals surface area (Å²) in [5.74, 6) is 0.615. The molecule has 2 fully saturated rings. The van der Waals surface area contributed by atoms with Crippen molar-refractivity contribution in [3.63, 3.8) is 0 Å². The highest BCUT2D eigenvalue weighted by molar-refractivity contribution is 5.02. The number of aromatic nitrogens is 2. The van der Waals surface area contributed by atoms with Crippen LogP contribution in [-0.2, 0) is 6.42 Å². The first-order chi connectivity index (χ1) is 9.01. The molecule has 1 N–H and O–H groups in total. The largest absolute Gasteiger partial charge is 0.396 e. The zero-order chi connectivity index (χ0) is 13.5. The van der Waals surface area contributed by atoms with Crippen LogP contribution < -0.4 is 5.32 Å². The fourth-order valence-electron chi connectivity index (χ4n) is 3.17. The molecule has 106 valence electrons. The van der Waals surface area contributed by atoms with E-state index in [-0.39, 0.29) is 11.9 Å². The van der Waals surface area contributed by atoms with E-state index in [1.807, 2.05) is 0 Å². The van der Waals surface area contributed by atoms with Crippen LogP contribution in [0.3, 0.4) is 0 Å². The van der Waals surface area contributed by atoms with Gasteiger partial charge in [-0.25, -0.2) is 0 Å². The van der Waals surface area contributed by atoms with E-state index in [0.29, 0.717) is 17.9 Å². The highest BCUT2D eigenvalue weighted by atomic mass is 19.4. The third kappa shape index (κ3) is 2.91. The van der Waals surface area contributed by atoms with Crippen molar-refractivity contribution in [2.45, 2.75) is 56.8 Å². The summed E-state index contributed by atoms with van der Waals surface area (Å²) in [5, 5.41) is 6.83. The molecule has 7 heteroatoms. The van der Waals surface area contributed by atoms with E-state index in [1.165, 1.54) is 19.3 Å². The normalized spacial score (nSPS) is 31.4. The maximum Gasteiger partial charge on any atom is 0.396 e. The van der Waals surface area contributed by atoms with Gasteiger partial charge < -0.3 is 9.84 Å². The molecule has 1 aliphatic heterocycles. The van der Waals surface area contributed by atoms with Crippen LogP contribution in [0.4, 0.5) is 13.2 Å². The molecule has 3 rings (SSSR count). The van der Waals surface area contributed by atoms with Crippen LogP contribution in [0.5, 0.6) is 0 Å². The van der Waals surface area contributed by atoms with Crippen LogP contribution in [0.15, 0.2) is 4.52 Å². The summed E-state index contributed by atoms with van der Waals surface area (Å²) in [6, 6.07) is 0.374. The fraction of sp³-hybridized carbons (Fsp3) is 0.833. The Balaban J connectivity index is 1.67. The van der Waals surface area contributed by atoms with Gasteiger partial charge in [-0.3, -0.25) is 0 Å². The topological polar surface area (TPSA) is 51.0 Å². The summed E-state index contributed by atoms with van der Waals surface area (Å²) in [5.41, 5.74) is 0. The summed E-state index contributed by atoms with van der Waals surface area (Å²) >= 11 is 0. The van der Waals surface area contributed by atoms with Gasteiger partial charge in [-0.1, -0.05) is 18.0 Å². The molecule has 2 heterocycles. The molecule has 0 radical (unpaired) electrons.